The van der Waals surface area contributed by atoms with Crippen LogP contribution in [0.4, 0.5) is 4.79 Å². The van der Waals surface area contributed by atoms with Gasteiger partial charge in [-0.05, 0) is 20.3 Å². The molecule has 0 atom stereocenters. The van der Waals surface area contributed by atoms with Crippen molar-refractivity contribution in [3.8, 4) is 0 Å². The maximum atomic E-state index is 10.9. The zero-order valence-corrected chi connectivity index (χ0v) is 8.64. The quantitative estimate of drug-likeness (QED) is 0.647. The van der Waals surface area contributed by atoms with Crippen LogP contribution in [0.3, 0.4) is 0 Å². The molecule has 0 fully saturated rings. The number of hydrogen-bond acceptors (Lipinski definition) is 2. The van der Waals surface area contributed by atoms with E-state index in [4.69, 9.17) is 4.74 Å². The van der Waals surface area contributed by atoms with Crippen LogP contribution < -0.4 is 5.32 Å². The number of unbranched alkanes of at least 4 members (excludes halogenated alkanes) is 3. The van der Waals surface area contributed by atoms with Crippen LogP contribution in [0.5, 0.6) is 0 Å². The Bertz CT molecular complexity index is 135. The summed E-state index contributed by atoms with van der Waals surface area (Å²) in [6.45, 7) is 8.06. The molecule has 77 valence electrons. The fourth-order valence-electron chi connectivity index (χ4n) is 0.898. The van der Waals surface area contributed by atoms with E-state index in [0.29, 0.717) is 6.61 Å². The monoisotopic (exact) mass is 186 g/mol. The zero-order chi connectivity index (χ0) is 10.1. The Morgan fingerprint density at radius 2 is 2.08 bits per heavy atom. The maximum Gasteiger partial charge on any atom is 0.407 e. The van der Waals surface area contributed by atoms with Gasteiger partial charge in [0.15, 0.2) is 0 Å². The number of nitrogens with one attached hydrogen (secondary N) is 1. The average molecular weight is 186 g/mol. The van der Waals surface area contributed by atoms with Gasteiger partial charge in [-0.3, -0.25) is 0 Å². The number of rotatable bonds is 6. The predicted octanol–water partition coefficient (Wildman–Crippen LogP) is 2.52. The van der Waals surface area contributed by atoms with E-state index in [0.717, 1.165) is 25.7 Å². The highest BCUT2D eigenvalue weighted by molar-refractivity contribution is 5.67. The van der Waals surface area contributed by atoms with Gasteiger partial charge in [-0.15, -0.1) is 0 Å². The molecule has 0 aromatic heterocycles. The molecule has 0 aliphatic heterocycles. The average Bonchev–Trinajstić information content (AvgIpc) is 2.02. The zero-order valence-electron chi connectivity index (χ0n) is 8.64. The van der Waals surface area contributed by atoms with Gasteiger partial charge < -0.3 is 10.1 Å². The predicted molar refractivity (Wildman–Crippen MR) is 53.4 cm³/mol. The molecule has 0 saturated heterocycles. The molecule has 3 nitrogen and oxygen atoms in total. The summed E-state index contributed by atoms with van der Waals surface area (Å²) in [6, 6.07) is 0.146. The highest BCUT2D eigenvalue weighted by Gasteiger charge is 2.02. The fourth-order valence-corrected chi connectivity index (χ4v) is 0.898. The first kappa shape index (κ1) is 12.3. The molecule has 0 aliphatic rings. The number of alkyl carbamates (subject to hydrolysis) is 1. The van der Waals surface area contributed by atoms with E-state index in [9.17, 15) is 4.79 Å². The van der Waals surface area contributed by atoms with Crippen molar-refractivity contribution >= 4 is 6.09 Å². The molecule has 13 heavy (non-hydrogen) atoms. The third-order valence-corrected chi connectivity index (χ3v) is 1.53. The van der Waals surface area contributed by atoms with Crippen molar-refractivity contribution in [2.45, 2.75) is 45.6 Å². The van der Waals surface area contributed by atoms with Gasteiger partial charge in [0.1, 0.15) is 0 Å². The summed E-state index contributed by atoms with van der Waals surface area (Å²) in [5.41, 5.74) is 0. The first-order chi connectivity index (χ1) is 6.16. The lowest BCUT2D eigenvalue weighted by Crippen LogP contribution is -2.30. The number of amides is 1. The molecule has 0 spiro atoms. The topological polar surface area (TPSA) is 38.3 Å². The van der Waals surface area contributed by atoms with Crippen LogP contribution in [0.15, 0.2) is 0 Å². The van der Waals surface area contributed by atoms with Gasteiger partial charge in [-0.25, -0.2) is 4.79 Å². The van der Waals surface area contributed by atoms with Crippen LogP contribution in [0.25, 0.3) is 0 Å². The van der Waals surface area contributed by atoms with E-state index >= 15 is 0 Å². The Balaban J connectivity index is 3.17. The van der Waals surface area contributed by atoms with E-state index in [1.165, 1.54) is 0 Å². The molecular weight excluding hydrogens is 166 g/mol. The lowest BCUT2D eigenvalue weighted by Gasteiger charge is -2.08. The maximum absolute atomic E-state index is 10.9. The van der Waals surface area contributed by atoms with E-state index in [1.54, 1.807) is 0 Å². The molecule has 0 rings (SSSR count). The lowest BCUT2D eigenvalue weighted by molar-refractivity contribution is 0.141. The van der Waals surface area contributed by atoms with Gasteiger partial charge in [0, 0.05) is 6.04 Å². The van der Waals surface area contributed by atoms with Gasteiger partial charge in [0.05, 0.1) is 6.61 Å². The van der Waals surface area contributed by atoms with Gasteiger partial charge in [-0.2, -0.15) is 0 Å². The van der Waals surface area contributed by atoms with Crippen molar-refractivity contribution in [2.75, 3.05) is 6.61 Å². The van der Waals surface area contributed by atoms with E-state index in [1.807, 2.05) is 13.8 Å². The molecule has 0 aromatic rings. The van der Waals surface area contributed by atoms with Crippen LogP contribution in [0.2, 0.25) is 0 Å². The minimum Gasteiger partial charge on any atom is -0.450 e. The van der Waals surface area contributed by atoms with Crippen LogP contribution in [-0.2, 0) is 4.74 Å². The minimum atomic E-state index is -0.315. The third kappa shape index (κ3) is 9.18. The largest absolute Gasteiger partial charge is 0.450 e. The molecule has 1 N–H and O–H groups in total. The highest BCUT2D eigenvalue weighted by Crippen LogP contribution is 1.98. The van der Waals surface area contributed by atoms with Gasteiger partial charge in [0.25, 0.3) is 0 Å². The number of carbonyl (C=O) groups is 1. The SMILES string of the molecule is [CH2]CCCCCOC(=O)NC(C)C. The van der Waals surface area contributed by atoms with Crippen molar-refractivity contribution in [1.82, 2.24) is 5.32 Å². The Kier molecular flexibility index (Phi) is 7.45. The van der Waals surface area contributed by atoms with Crippen LogP contribution >= 0.6 is 0 Å². The molecule has 0 bridgehead atoms. The second kappa shape index (κ2) is 7.90. The summed E-state index contributed by atoms with van der Waals surface area (Å²) in [5, 5.41) is 2.66. The summed E-state index contributed by atoms with van der Waals surface area (Å²) in [6.07, 6.45) is 3.76. The van der Waals surface area contributed by atoms with Gasteiger partial charge in [0.2, 0.25) is 0 Å². The molecular formula is C10H20NO2. The van der Waals surface area contributed by atoms with Crippen molar-refractivity contribution in [3.63, 3.8) is 0 Å². The normalized spacial score (nSPS) is 10.2. The minimum absolute atomic E-state index is 0.146. The summed E-state index contributed by atoms with van der Waals surface area (Å²) < 4.78 is 4.93. The first-order valence-electron chi connectivity index (χ1n) is 4.89. The Morgan fingerprint density at radius 3 is 2.62 bits per heavy atom. The van der Waals surface area contributed by atoms with Crippen molar-refractivity contribution in [2.24, 2.45) is 0 Å². The molecule has 3 heteroatoms. The summed E-state index contributed by atoms with van der Waals surface area (Å²) in [7, 11) is 0. The molecule has 0 aliphatic carbocycles. The molecule has 1 amide bonds. The molecule has 0 saturated carbocycles. The van der Waals surface area contributed by atoms with Crippen LogP contribution in [0.1, 0.15) is 39.5 Å². The smallest absolute Gasteiger partial charge is 0.407 e. The van der Waals surface area contributed by atoms with Crippen molar-refractivity contribution < 1.29 is 9.53 Å². The van der Waals surface area contributed by atoms with Crippen LogP contribution in [0, 0.1) is 6.92 Å². The van der Waals surface area contributed by atoms with Crippen molar-refractivity contribution in [3.05, 3.63) is 6.92 Å². The Morgan fingerprint density at radius 1 is 1.38 bits per heavy atom. The standard InChI is InChI=1S/C10H20NO2/c1-4-5-6-7-8-13-10(12)11-9(2)3/h9H,1,4-8H2,2-3H3,(H,11,12). The molecule has 0 unspecified atom stereocenters. The Labute approximate surface area is 80.8 Å². The van der Waals surface area contributed by atoms with E-state index < -0.39 is 0 Å². The molecule has 0 aromatic carbocycles. The lowest BCUT2D eigenvalue weighted by atomic mass is 10.2. The highest BCUT2D eigenvalue weighted by atomic mass is 16.5. The van der Waals surface area contributed by atoms with Gasteiger partial charge in [-0.1, -0.05) is 26.2 Å². The summed E-state index contributed by atoms with van der Waals surface area (Å²) >= 11 is 0. The van der Waals surface area contributed by atoms with Crippen molar-refractivity contribution in [1.29, 1.82) is 0 Å². The van der Waals surface area contributed by atoms with Crippen LogP contribution in [-0.4, -0.2) is 18.7 Å². The number of hydrogen-bond donors (Lipinski definition) is 1. The Hall–Kier alpha value is -0.730. The summed E-state index contributed by atoms with van der Waals surface area (Å²) in [4.78, 5) is 10.9. The van der Waals surface area contributed by atoms with E-state index in [-0.39, 0.29) is 12.1 Å². The second-order valence-electron chi connectivity index (χ2n) is 3.35. The molecule has 1 radical (unpaired) electrons. The van der Waals surface area contributed by atoms with E-state index in [2.05, 4.69) is 12.2 Å². The first-order valence-corrected chi connectivity index (χ1v) is 4.89. The van der Waals surface area contributed by atoms with Gasteiger partial charge >= 0.3 is 6.09 Å². The summed E-state index contributed by atoms with van der Waals surface area (Å²) in [5.74, 6) is 0. The third-order valence-electron chi connectivity index (χ3n) is 1.53. The number of ether oxygens (including phenoxy) is 1. The number of carbonyl (C=O) groups excluding carboxylic acids is 1. The fraction of sp³-hybridized carbons (Fsp3) is 0.800. The second-order valence-corrected chi connectivity index (χ2v) is 3.35. The molecule has 0 heterocycles.